The summed E-state index contributed by atoms with van der Waals surface area (Å²) in [5, 5.41) is 4.09. The molecule has 0 radical (unpaired) electrons. The summed E-state index contributed by atoms with van der Waals surface area (Å²) in [6.45, 7) is 0. The molecule has 0 fully saturated rings. The highest BCUT2D eigenvalue weighted by atomic mass is 79.9. The van der Waals surface area contributed by atoms with E-state index in [2.05, 4.69) is 21.0 Å². The van der Waals surface area contributed by atoms with Crippen LogP contribution in [0, 0.1) is 0 Å². The zero-order valence-corrected chi connectivity index (χ0v) is 12.1. The van der Waals surface area contributed by atoms with E-state index in [0.717, 1.165) is 9.15 Å². The van der Waals surface area contributed by atoms with Crippen molar-refractivity contribution in [2.24, 2.45) is 7.05 Å². The zero-order chi connectivity index (χ0) is 14.0. The van der Waals surface area contributed by atoms with Crippen LogP contribution in [0.15, 0.2) is 39.6 Å². The normalized spacial score (nSPS) is 10.3. The summed E-state index contributed by atoms with van der Waals surface area (Å²) in [4.78, 5) is 23.0. The number of benzene rings is 1. The third-order valence-corrected chi connectivity index (χ3v) is 3.05. The number of carbonyl (C=O) groups excluding carboxylic acids is 1. The van der Waals surface area contributed by atoms with Crippen LogP contribution in [-0.4, -0.2) is 15.7 Å². The Morgan fingerprint density at radius 2 is 2.11 bits per heavy atom. The van der Waals surface area contributed by atoms with Crippen molar-refractivity contribution in [3.63, 3.8) is 0 Å². The highest BCUT2D eigenvalue weighted by Crippen LogP contribution is 2.28. The van der Waals surface area contributed by atoms with Gasteiger partial charge in [-0.3, -0.25) is 4.79 Å². The van der Waals surface area contributed by atoms with Crippen LogP contribution in [-0.2, 0) is 7.05 Å². The van der Waals surface area contributed by atoms with Gasteiger partial charge in [-0.15, -0.1) is 0 Å². The first-order valence-corrected chi connectivity index (χ1v) is 6.36. The molecule has 0 aliphatic carbocycles. The Balaban J connectivity index is 2.25. The summed E-state index contributed by atoms with van der Waals surface area (Å²) in [6, 6.07) is 7.41. The van der Waals surface area contributed by atoms with Gasteiger partial charge < -0.3 is 4.74 Å². The van der Waals surface area contributed by atoms with Gasteiger partial charge in [0, 0.05) is 17.6 Å². The fourth-order valence-electron chi connectivity index (χ4n) is 1.32. The molecule has 5 nitrogen and oxygen atoms in total. The molecule has 0 spiro atoms. The van der Waals surface area contributed by atoms with Gasteiger partial charge in [0.1, 0.15) is 5.75 Å². The number of nitrogens with zero attached hydrogens (tertiary/aromatic N) is 2. The summed E-state index contributed by atoms with van der Waals surface area (Å²) in [5.41, 5.74) is -0.278. The maximum absolute atomic E-state index is 11.8. The smallest absolute Gasteiger partial charge is 0.364 e. The van der Waals surface area contributed by atoms with Gasteiger partial charge >= 0.3 is 5.97 Å². The van der Waals surface area contributed by atoms with Gasteiger partial charge in [-0.1, -0.05) is 27.5 Å². The van der Waals surface area contributed by atoms with E-state index >= 15 is 0 Å². The minimum absolute atomic E-state index is 0.0288. The molecule has 7 heteroatoms. The van der Waals surface area contributed by atoms with Gasteiger partial charge in [0.15, 0.2) is 5.69 Å². The second-order valence-corrected chi connectivity index (χ2v) is 4.97. The van der Waals surface area contributed by atoms with Crippen LogP contribution in [0.5, 0.6) is 5.75 Å². The summed E-state index contributed by atoms with van der Waals surface area (Å²) in [7, 11) is 1.45. The van der Waals surface area contributed by atoms with E-state index in [9.17, 15) is 9.59 Å². The van der Waals surface area contributed by atoms with Crippen LogP contribution in [0.3, 0.4) is 0 Å². The fourth-order valence-corrected chi connectivity index (χ4v) is 2.03. The molecule has 2 rings (SSSR count). The number of hydrogen-bond acceptors (Lipinski definition) is 4. The van der Waals surface area contributed by atoms with Gasteiger partial charge in [0.25, 0.3) is 5.56 Å². The number of aryl methyl sites for hydroxylation is 1. The van der Waals surface area contributed by atoms with E-state index in [-0.39, 0.29) is 17.0 Å². The summed E-state index contributed by atoms with van der Waals surface area (Å²) in [5.74, 6) is -0.453. The van der Waals surface area contributed by atoms with E-state index < -0.39 is 5.97 Å². The summed E-state index contributed by atoms with van der Waals surface area (Å²) in [6.07, 6.45) is 0. The molecular weight excluding hydrogens is 336 g/mol. The Bertz CT molecular complexity index is 700. The Morgan fingerprint density at radius 3 is 2.74 bits per heavy atom. The van der Waals surface area contributed by atoms with Crippen molar-refractivity contribution in [1.82, 2.24) is 9.78 Å². The van der Waals surface area contributed by atoms with E-state index in [1.807, 2.05) is 0 Å². The topological polar surface area (TPSA) is 61.2 Å². The number of halogens is 2. The zero-order valence-electron chi connectivity index (χ0n) is 9.76. The number of rotatable bonds is 2. The largest absolute Gasteiger partial charge is 0.420 e. The Morgan fingerprint density at radius 1 is 1.37 bits per heavy atom. The lowest BCUT2D eigenvalue weighted by molar-refractivity contribution is 0.0726. The Kier molecular flexibility index (Phi) is 4.01. The maximum atomic E-state index is 11.8. The molecule has 1 heterocycles. The van der Waals surface area contributed by atoms with Gasteiger partial charge in [0.2, 0.25) is 0 Å². The van der Waals surface area contributed by atoms with E-state index in [1.54, 1.807) is 18.2 Å². The van der Waals surface area contributed by atoms with E-state index in [1.165, 1.54) is 19.2 Å². The monoisotopic (exact) mass is 342 g/mol. The first-order valence-electron chi connectivity index (χ1n) is 5.19. The number of aromatic nitrogens is 2. The SMILES string of the molecule is Cn1nc(C(=O)Oc2ccc(Br)cc2Cl)ccc1=O. The van der Waals surface area contributed by atoms with Crippen molar-refractivity contribution < 1.29 is 9.53 Å². The average molecular weight is 344 g/mol. The van der Waals surface area contributed by atoms with Crippen molar-refractivity contribution in [1.29, 1.82) is 0 Å². The number of ether oxygens (including phenoxy) is 1. The first kappa shape index (κ1) is 13.8. The average Bonchev–Trinajstić information content (AvgIpc) is 2.36. The molecule has 1 aromatic carbocycles. The van der Waals surface area contributed by atoms with Gasteiger partial charge in [-0.05, 0) is 24.3 Å². The van der Waals surface area contributed by atoms with Crippen molar-refractivity contribution in [3.8, 4) is 5.75 Å². The van der Waals surface area contributed by atoms with Crippen LogP contribution in [0.2, 0.25) is 5.02 Å². The molecule has 98 valence electrons. The molecule has 1 aromatic heterocycles. The molecule has 0 amide bonds. The van der Waals surface area contributed by atoms with Crippen molar-refractivity contribution >= 4 is 33.5 Å². The van der Waals surface area contributed by atoms with Gasteiger partial charge in [-0.25, -0.2) is 9.48 Å². The van der Waals surface area contributed by atoms with E-state index in [4.69, 9.17) is 16.3 Å². The van der Waals surface area contributed by atoms with Crippen molar-refractivity contribution in [3.05, 3.63) is 55.9 Å². The molecule has 0 atom stereocenters. The quantitative estimate of drug-likeness (QED) is 0.620. The lowest BCUT2D eigenvalue weighted by Gasteiger charge is -2.06. The van der Waals surface area contributed by atoms with Crippen LogP contribution < -0.4 is 10.3 Å². The number of esters is 1. The Hall–Kier alpha value is -1.66. The van der Waals surface area contributed by atoms with Gasteiger partial charge in [0.05, 0.1) is 5.02 Å². The third kappa shape index (κ3) is 3.21. The molecule has 0 saturated heterocycles. The second kappa shape index (κ2) is 5.54. The fraction of sp³-hybridized carbons (Fsp3) is 0.0833. The van der Waals surface area contributed by atoms with Crippen LogP contribution >= 0.6 is 27.5 Å². The summed E-state index contributed by atoms with van der Waals surface area (Å²) >= 11 is 9.18. The standard InChI is InChI=1S/C12H8BrClN2O3/c1-16-11(17)5-3-9(15-16)12(18)19-10-4-2-7(13)6-8(10)14/h2-6H,1H3. The highest BCUT2D eigenvalue weighted by Gasteiger charge is 2.13. The molecule has 0 unspecified atom stereocenters. The van der Waals surface area contributed by atoms with Crippen LogP contribution in [0.25, 0.3) is 0 Å². The van der Waals surface area contributed by atoms with Crippen LogP contribution in [0.1, 0.15) is 10.5 Å². The number of carbonyl (C=O) groups is 1. The predicted molar refractivity (Wildman–Crippen MR) is 73.6 cm³/mol. The highest BCUT2D eigenvalue weighted by molar-refractivity contribution is 9.10. The van der Waals surface area contributed by atoms with Crippen molar-refractivity contribution in [2.75, 3.05) is 0 Å². The molecule has 0 saturated carbocycles. The van der Waals surface area contributed by atoms with E-state index in [0.29, 0.717) is 5.02 Å². The molecule has 0 aliphatic rings. The summed E-state index contributed by atoms with van der Waals surface area (Å²) < 4.78 is 6.94. The van der Waals surface area contributed by atoms with Crippen LogP contribution in [0.4, 0.5) is 0 Å². The first-order chi connectivity index (χ1) is 8.97. The second-order valence-electron chi connectivity index (χ2n) is 3.64. The predicted octanol–water partition coefficient (Wildman–Crippen LogP) is 2.42. The minimum atomic E-state index is -0.681. The lowest BCUT2D eigenvalue weighted by atomic mass is 10.3. The molecule has 0 N–H and O–H groups in total. The lowest BCUT2D eigenvalue weighted by Crippen LogP contribution is -2.22. The number of hydrogen-bond donors (Lipinski definition) is 0. The van der Waals surface area contributed by atoms with Crippen molar-refractivity contribution in [2.45, 2.75) is 0 Å². The Labute approximate surface area is 121 Å². The molecule has 2 aromatic rings. The molecule has 19 heavy (non-hydrogen) atoms. The molecular formula is C12H8BrClN2O3. The maximum Gasteiger partial charge on any atom is 0.364 e. The molecule has 0 bridgehead atoms. The van der Waals surface area contributed by atoms with Gasteiger partial charge in [-0.2, -0.15) is 5.10 Å². The molecule has 0 aliphatic heterocycles. The third-order valence-electron chi connectivity index (χ3n) is 2.27. The minimum Gasteiger partial charge on any atom is -0.420 e.